The lowest BCUT2D eigenvalue weighted by atomic mass is 9.95. The fraction of sp³-hybridized carbons (Fsp3) is 0.375. The van der Waals surface area contributed by atoms with Crippen molar-refractivity contribution < 1.29 is 0 Å². The second-order valence-electron chi connectivity index (χ2n) is 5.74. The van der Waals surface area contributed by atoms with Gasteiger partial charge in [-0.3, -0.25) is 0 Å². The first kappa shape index (κ1) is 13.3. The Morgan fingerprint density at radius 3 is 2.28 bits per heavy atom. The van der Waals surface area contributed by atoms with Crippen LogP contribution in [0.3, 0.4) is 0 Å². The Hall–Kier alpha value is -1.12. The van der Waals surface area contributed by atoms with Crippen LogP contribution in [0.4, 0.5) is 0 Å². The van der Waals surface area contributed by atoms with Gasteiger partial charge in [-0.15, -0.1) is 11.3 Å². The Morgan fingerprint density at radius 2 is 1.72 bits per heavy atom. The molecule has 1 nitrogen and oxygen atoms in total. The zero-order chi connectivity index (χ0) is 13.2. The molecule has 2 rings (SSSR count). The van der Waals surface area contributed by atoms with Gasteiger partial charge in [0.05, 0.1) is 0 Å². The molecule has 0 bridgehead atoms. The largest absolute Gasteiger partial charge is 0.324 e. The molecule has 1 atom stereocenters. The maximum Gasteiger partial charge on any atom is 0.0343 e. The molecule has 0 saturated heterocycles. The van der Waals surface area contributed by atoms with Crippen molar-refractivity contribution in [1.82, 2.24) is 0 Å². The molecule has 1 aromatic carbocycles. The Labute approximate surface area is 114 Å². The monoisotopic (exact) mass is 259 g/mol. The molecular weight excluding hydrogens is 238 g/mol. The Bertz CT molecular complexity index is 493. The lowest BCUT2D eigenvalue weighted by Crippen LogP contribution is -2.12. The van der Waals surface area contributed by atoms with Crippen molar-refractivity contribution in [3.63, 3.8) is 0 Å². The third kappa shape index (κ3) is 3.21. The smallest absolute Gasteiger partial charge is 0.0343 e. The van der Waals surface area contributed by atoms with Crippen LogP contribution in [0.2, 0.25) is 0 Å². The SMILES string of the molecule is CC(C)(C)c1ccc(CC(N)c2ccccc2)s1. The second kappa shape index (κ2) is 5.25. The summed E-state index contributed by atoms with van der Waals surface area (Å²) in [5, 5.41) is 0. The molecule has 0 radical (unpaired) electrons. The summed E-state index contributed by atoms with van der Waals surface area (Å²) < 4.78 is 0. The maximum absolute atomic E-state index is 6.25. The third-order valence-electron chi connectivity index (χ3n) is 3.05. The van der Waals surface area contributed by atoms with E-state index in [1.54, 1.807) is 0 Å². The zero-order valence-corrected chi connectivity index (χ0v) is 12.1. The first-order valence-electron chi connectivity index (χ1n) is 6.36. The molecule has 0 aliphatic carbocycles. The molecule has 1 unspecified atom stereocenters. The van der Waals surface area contributed by atoms with Crippen LogP contribution in [-0.4, -0.2) is 0 Å². The molecule has 0 fully saturated rings. The van der Waals surface area contributed by atoms with Crippen LogP contribution in [-0.2, 0) is 11.8 Å². The summed E-state index contributed by atoms with van der Waals surface area (Å²) in [6.45, 7) is 6.75. The van der Waals surface area contributed by atoms with E-state index < -0.39 is 0 Å². The number of benzene rings is 1. The van der Waals surface area contributed by atoms with Crippen molar-refractivity contribution in [2.45, 2.75) is 38.6 Å². The second-order valence-corrected chi connectivity index (χ2v) is 6.91. The standard InChI is InChI=1S/C16H21NS/c1-16(2,3)15-10-9-13(18-15)11-14(17)12-7-5-4-6-8-12/h4-10,14H,11,17H2,1-3H3. The van der Waals surface area contributed by atoms with Crippen molar-refractivity contribution in [2.75, 3.05) is 0 Å². The van der Waals surface area contributed by atoms with Crippen LogP contribution in [0.5, 0.6) is 0 Å². The summed E-state index contributed by atoms with van der Waals surface area (Å²) in [5.41, 5.74) is 7.70. The van der Waals surface area contributed by atoms with E-state index in [-0.39, 0.29) is 11.5 Å². The first-order chi connectivity index (χ1) is 8.47. The van der Waals surface area contributed by atoms with Crippen LogP contribution in [0, 0.1) is 0 Å². The molecule has 2 N–H and O–H groups in total. The quantitative estimate of drug-likeness (QED) is 0.874. The lowest BCUT2D eigenvalue weighted by Gasteiger charge is -2.15. The van der Waals surface area contributed by atoms with E-state index in [0.29, 0.717) is 0 Å². The van der Waals surface area contributed by atoms with Gasteiger partial charge < -0.3 is 5.73 Å². The first-order valence-corrected chi connectivity index (χ1v) is 7.18. The van der Waals surface area contributed by atoms with Crippen molar-refractivity contribution in [3.05, 3.63) is 57.8 Å². The van der Waals surface area contributed by atoms with Crippen molar-refractivity contribution in [3.8, 4) is 0 Å². The van der Waals surface area contributed by atoms with E-state index in [1.807, 2.05) is 29.5 Å². The number of thiophene rings is 1. The van der Waals surface area contributed by atoms with Crippen molar-refractivity contribution >= 4 is 11.3 Å². The van der Waals surface area contributed by atoms with Gasteiger partial charge in [-0.1, -0.05) is 51.1 Å². The van der Waals surface area contributed by atoms with E-state index in [1.165, 1.54) is 15.3 Å². The van der Waals surface area contributed by atoms with Crippen LogP contribution >= 0.6 is 11.3 Å². The van der Waals surface area contributed by atoms with Gasteiger partial charge in [-0.05, 0) is 23.1 Å². The van der Waals surface area contributed by atoms with Gasteiger partial charge >= 0.3 is 0 Å². The van der Waals surface area contributed by atoms with Gasteiger partial charge in [-0.25, -0.2) is 0 Å². The summed E-state index contributed by atoms with van der Waals surface area (Å²) in [6.07, 6.45) is 0.921. The highest BCUT2D eigenvalue weighted by atomic mass is 32.1. The number of rotatable bonds is 3. The zero-order valence-electron chi connectivity index (χ0n) is 11.3. The molecule has 1 heterocycles. The number of hydrogen-bond donors (Lipinski definition) is 1. The Balaban J connectivity index is 2.08. The summed E-state index contributed by atoms with van der Waals surface area (Å²) in [5.74, 6) is 0. The summed E-state index contributed by atoms with van der Waals surface area (Å²) in [4.78, 5) is 2.80. The molecule has 18 heavy (non-hydrogen) atoms. The average Bonchev–Trinajstić information content (AvgIpc) is 2.78. The minimum Gasteiger partial charge on any atom is -0.324 e. The summed E-state index contributed by atoms with van der Waals surface area (Å²) >= 11 is 1.88. The fourth-order valence-electron chi connectivity index (χ4n) is 1.93. The van der Waals surface area contributed by atoms with E-state index in [2.05, 4.69) is 45.0 Å². The van der Waals surface area contributed by atoms with Crippen LogP contribution < -0.4 is 5.73 Å². The molecule has 0 aliphatic heterocycles. The minimum absolute atomic E-state index is 0.0951. The topological polar surface area (TPSA) is 26.0 Å². The van der Waals surface area contributed by atoms with Gasteiger partial charge in [0.2, 0.25) is 0 Å². The highest BCUT2D eigenvalue weighted by Crippen LogP contribution is 2.31. The van der Waals surface area contributed by atoms with Gasteiger partial charge in [0, 0.05) is 22.2 Å². The highest BCUT2D eigenvalue weighted by Gasteiger charge is 2.17. The minimum atomic E-state index is 0.0951. The van der Waals surface area contributed by atoms with E-state index in [4.69, 9.17) is 5.73 Å². The molecule has 0 saturated carbocycles. The van der Waals surface area contributed by atoms with E-state index in [9.17, 15) is 0 Å². The van der Waals surface area contributed by atoms with Crippen LogP contribution in [0.1, 0.15) is 42.1 Å². The highest BCUT2D eigenvalue weighted by molar-refractivity contribution is 7.12. The van der Waals surface area contributed by atoms with E-state index in [0.717, 1.165) is 6.42 Å². The summed E-state index contributed by atoms with van der Waals surface area (Å²) in [7, 11) is 0. The van der Waals surface area contributed by atoms with Gasteiger partial charge in [0.25, 0.3) is 0 Å². The molecule has 0 amide bonds. The third-order valence-corrected chi connectivity index (χ3v) is 4.58. The van der Waals surface area contributed by atoms with Gasteiger partial charge in [0.15, 0.2) is 0 Å². The lowest BCUT2D eigenvalue weighted by molar-refractivity contribution is 0.604. The number of hydrogen-bond acceptors (Lipinski definition) is 2. The Kier molecular flexibility index (Phi) is 3.88. The van der Waals surface area contributed by atoms with Crippen molar-refractivity contribution in [2.24, 2.45) is 5.73 Å². The molecule has 96 valence electrons. The van der Waals surface area contributed by atoms with Gasteiger partial charge in [0.1, 0.15) is 0 Å². The fourth-order valence-corrected chi connectivity index (χ4v) is 3.05. The van der Waals surface area contributed by atoms with Crippen LogP contribution in [0.15, 0.2) is 42.5 Å². The molecule has 1 aromatic heterocycles. The predicted molar refractivity (Wildman–Crippen MR) is 80.1 cm³/mol. The maximum atomic E-state index is 6.25. The molecule has 2 aromatic rings. The summed E-state index contributed by atoms with van der Waals surface area (Å²) in [6, 6.07) is 14.9. The average molecular weight is 259 g/mol. The Morgan fingerprint density at radius 1 is 1.06 bits per heavy atom. The van der Waals surface area contributed by atoms with Gasteiger partial charge in [-0.2, -0.15) is 0 Å². The normalized spacial score (nSPS) is 13.6. The molecule has 0 aliphatic rings. The number of nitrogens with two attached hydrogens (primary N) is 1. The van der Waals surface area contributed by atoms with E-state index >= 15 is 0 Å². The molecule has 2 heteroatoms. The van der Waals surface area contributed by atoms with Crippen molar-refractivity contribution in [1.29, 1.82) is 0 Å². The van der Waals surface area contributed by atoms with Crippen LogP contribution in [0.25, 0.3) is 0 Å². The molecular formula is C16H21NS. The predicted octanol–water partition coefficient (Wildman–Crippen LogP) is 4.29. The molecule has 0 spiro atoms.